The summed E-state index contributed by atoms with van der Waals surface area (Å²) in [6.07, 6.45) is 1.42. The summed E-state index contributed by atoms with van der Waals surface area (Å²) in [5.74, 6) is 0.894. The van der Waals surface area contributed by atoms with Crippen molar-refractivity contribution in [2.75, 3.05) is 16.4 Å². The van der Waals surface area contributed by atoms with E-state index in [1.807, 2.05) is 0 Å². The van der Waals surface area contributed by atoms with Crippen LogP contribution in [0.1, 0.15) is 5.56 Å². The zero-order valence-electron chi connectivity index (χ0n) is 15.0. The fraction of sp³-hybridized carbons (Fsp3) is 0.0526. The lowest BCUT2D eigenvalue weighted by Crippen LogP contribution is -2.19. The van der Waals surface area contributed by atoms with Crippen LogP contribution in [0.25, 0.3) is 0 Å². The van der Waals surface area contributed by atoms with Gasteiger partial charge in [-0.2, -0.15) is 0 Å². The number of nitrogens with one attached hydrogen (secondary N) is 2. The fourth-order valence-corrected chi connectivity index (χ4v) is 3.07. The Labute approximate surface area is 173 Å². The smallest absolute Gasteiger partial charge is 0.323 e. The molecule has 0 bridgehead atoms. The van der Waals surface area contributed by atoms with Crippen molar-refractivity contribution in [3.63, 3.8) is 0 Å². The van der Waals surface area contributed by atoms with E-state index >= 15 is 0 Å². The molecular formula is C19H17ClN4O4S. The first-order valence-electron chi connectivity index (χ1n) is 8.37. The molecule has 0 aliphatic rings. The van der Waals surface area contributed by atoms with Gasteiger partial charge in [0.25, 0.3) is 0 Å². The second-order valence-electron chi connectivity index (χ2n) is 5.93. The molecule has 0 aliphatic carbocycles. The number of rotatable bonds is 6. The van der Waals surface area contributed by atoms with Gasteiger partial charge in [0.2, 0.25) is 0 Å². The van der Waals surface area contributed by atoms with Gasteiger partial charge in [0.15, 0.2) is 11.6 Å². The monoisotopic (exact) mass is 432 g/mol. The molecule has 1 aromatic heterocycles. The number of amides is 2. The molecule has 0 saturated heterocycles. The lowest BCUT2D eigenvalue weighted by molar-refractivity contribution is 0.262. The molecule has 0 unspecified atom stereocenters. The molecular weight excluding hydrogens is 416 g/mol. The number of urea groups is 1. The van der Waals surface area contributed by atoms with Crippen LogP contribution in [0.3, 0.4) is 0 Å². The highest BCUT2D eigenvalue weighted by Gasteiger charge is 2.07. The van der Waals surface area contributed by atoms with E-state index in [2.05, 4.69) is 15.6 Å². The minimum atomic E-state index is -2.49. The van der Waals surface area contributed by atoms with Crippen molar-refractivity contribution < 1.29 is 17.9 Å². The second kappa shape index (κ2) is 9.26. The van der Waals surface area contributed by atoms with E-state index in [1.54, 1.807) is 54.6 Å². The molecule has 8 nitrogen and oxygen atoms in total. The lowest BCUT2D eigenvalue weighted by Gasteiger charge is -2.11. The summed E-state index contributed by atoms with van der Waals surface area (Å²) in [6, 6.07) is 14.3. The SMILES string of the molecule is Nc1ncc(Cl)cc1Oc1cccc(NC(=O)Nc2ccc(C[SH](=O)=O)cc2)c1. The highest BCUT2D eigenvalue weighted by atomic mass is 35.5. The number of anilines is 3. The summed E-state index contributed by atoms with van der Waals surface area (Å²) in [6.45, 7) is 0. The van der Waals surface area contributed by atoms with Crippen LogP contribution in [0, 0.1) is 0 Å². The van der Waals surface area contributed by atoms with Gasteiger partial charge >= 0.3 is 6.03 Å². The second-order valence-corrected chi connectivity index (χ2v) is 7.35. The molecule has 29 heavy (non-hydrogen) atoms. The van der Waals surface area contributed by atoms with Crippen molar-refractivity contribution in [2.45, 2.75) is 5.75 Å². The van der Waals surface area contributed by atoms with E-state index in [1.165, 1.54) is 6.20 Å². The highest BCUT2D eigenvalue weighted by molar-refractivity contribution is 7.71. The first-order chi connectivity index (χ1) is 13.9. The number of hydrogen-bond acceptors (Lipinski definition) is 6. The van der Waals surface area contributed by atoms with Crippen LogP contribution >= 0.6 is 11.6 Å². The Hall–Kier alpha value is -3.30. The third-order valence-corrected chi connectivity index (χ3v) is 4.52. The van der Waals surface area contributed by atoms with Crippen molar-refractivity contribution in [1.82, 2.24) is 4.98 Å². The van der Waals surface area contributed by atoms with Gasteiger partial charge in [-0.15, -0.1) is 0 Å². The van der Waals surface area contributed by atoms with E-state index < -0.39 is 16.7 Å². The van der Waals surface area contributed by atoms with Crippen LogP contribution in [0.2, 0.25) is 5.02 Å². The van der Waals surface area contributed by atoms with Crippen LogP contribution in [0.4, 0.5) is 22.0 Å². The fourth-order valence-electron chi connectivity index (χ4n) is 2.41. The lowest BCUT2D eigenvalue weighted by atomic mass is 10.2. The van der Waals surface area contributed by atoms with Crippen molar-refractivity contribution in [1.29, 1.82) is 0 Å². The van der Waals surface area contributed by atoms with Crippen molar-refractivity contribution >= 4 is 45.5 Å². The van der Waals surface area contributed by atoms with Crippen LogP contribution in [0.15, 0.2) is 60.8 Å². The first kappa shape index (κ1) is 20.4. The molecule has 0 aliphatic heterocycles. The minimum Gasteiger partial charge on any atom is -0.453 e. The molecule has 0 atom stereocenters. The Morgan fingerprint density at radius 3 is 2.52 bits per heavy atom. The summed E-state index contributed by atoms with van der Waals surface area (Å²) in [5, 5.41) is 5.74. The summed E-state index contributed by atoms with van der Waals surface area (Å²) in [5.41, 5.74) is 7.44. The normalized spacial score (nSPS) is 10.6. The molecule has 0 radical (unpaired) electrons. The van der Waals surface area contributed by atoms with Crippen molar-refractivity contribution in [3.8, 4) is 11.5 Å². The van der Waals surface area contributed by atoms with E-state index in [0.29, 0.717) is 33.5 Å². The van der Waals surface area contributed by atoms with Gasteiger partial charge in [-0.25, -0.2) is 18.2 Å². The van der Waals surface area contributed by atoms with E-state index in [0.717, 1.165) is 0 Å². The standard InChI is InChI=1S/C19H17ClN4O4S/c20-13-8-17(18(21)22-10-13)28-16-3-1-2-15(9-16)24-19(25)23-14-6-4-12(5-7-14)11-29(26)27/h1-10,29H,11H2,(H2,21,22)(H2,23,24,25). The molecule has 10 heteroatoms. The molecule has 0 spiro atoms. The van der Waals surface area contributed by atoms with E-state index in [-0.39, 0.29) is 11.6 Å². The average molecular weight is 433 g/mol. The number of benzene rings is 2. The number of nitrogens with two attached hydrogens (primary N) is 1. The predicted molar refractivity (Wildman–Crippen MR) is 113 cm³/mol. The topological polar surface area (TPSA) is 123 Å². The summed E-state index contributed by atoms with van der Waals surface area (Å²) >= 11 is 5.90. The van der Waals surface area contributed by atoms with Crippen LogP contribution in [-0.4, -0.2) is 19.4 Å². The number of pyridine rings is 1. The molecule has 3 rings (SSSR count). The highest BCUT2D eigenvalue weighted by Crippen LogP contribution is 2.29. The Kier molecular flexibility index (Phi) is 6.53. The largest absolute Gasteiger partial charge is 0.453 e. The molecule has 1 heterocycles. The third kappa shape index (κ3) is 6.09. The van der Waals surface area contributed by atoms with Gasteiger partial charge in [-0.05, 0) is 29.8 Å². The molecule has 3 aromatic rings. The number of nitrogens with zero attached hydrogens (tertiary/aromatic N) is 1. The zero-order chi connectivity index (χ0) is 20.8. The Bertz CT molecular complexity index is 1100. The molecule has 150 valence electrons. The number of aromatic nitrogens is 1. The Morgan fingerprint density at radius 2 is 1.79 bits per heavy atom. The van der Waals surface area contributed by atoms with Gasteiger partial charge in [-0.3, -0.25) is 0 Å². The number of carbonyl (C=O) groups is 1. The van der Waals surface area contributed by atoms with Crippen molar-refractivity contribution in [3.05, 3.63) is 71.4 Å². The number of halogens is 1. The Morgan fingerprint density at radius 1 is 1.07 bits per heavy atom. The third-order valence-electron chi connectivity index (χ3n) is 3.69. The quantitative estimate of drug-likeness (QED) is 0.438. The van der Waals surface area contributed by atoms with Gasteiger partial charge in [0, 0.05) is 29.7 Å². The molecule has 0 fully saturated rings. The molecule has 0 saturated carbocycles. The average Bonchev–Trinajstić information content (AvgIpc) is 2.66. The van der Waals surface area contributed by atoms with E-state index in [9.17, 15) is 13.2 Å². The van der Waals surface area contributed by atoms with Gasteiger partial charge < -0.3 is 21.1 Å². The molecule has 2 aromatic carbocycles. The van der Waals surface area contributed by atoms with Gasteiger partial charge in [-0.1, -0.05) is 29.8 Å². The number of thiol groups is 1. The van der Waals surface area contributed by atoms with Crippen LogP contribution < -0.4 is 21.1 Å². The maximum Gasteiger partial charge on any atom is 0.323 e. The maximum atomic E-state index is 12.2. The number of carbonyl (C=O) groups excluding carboxylic acids is 1. The predicted octanol–water partition coefficient (Wildman–Crippen LogP) is 3.86. The zero-order valence-corrected chi connectivity index (χ0v) is 16.6. The number of ether oxygens (including phenoxy) is 1. The summed E-state index contributed by atoms with van der Waals surface area (Å²) in [4.78, 5) is 16.1. The number of nitrogen functional groups attached to an aromatic ring is 1. The minimum absolute atomic E-state index is 0.0404. The summed E-state index contributed by atoms with van der Waals surface area (Å²) < 4.78 is 27.2. The number of hydrogen-bond donors (Lipinski definition) is 4. The van der Waals surface area contributed by atoms with Crippen molar-refractivity contribution in [2.24, 2.45) is 0 Å². The van der Waals surface area contributed by atoms with Gasteiger partial charge in [0.05, 0.1) is 10.8 Å². The van der Waals surface area contributed by atoms with Crippen LogP contribution in [0.5, 0.6) is 11.5 Å². The maximum absolute atomic E-state index is 12.2. The van der Waals surface area contributed by atoms with Gasteiger partial charge in [0.1, 0.15) is 16.5 Å². The van der Waals surface area contributed by atoms with E-state index in [4.69, 9.17) is 22.1 Å². The summed E-state index contributed by atoms with van der Waals surface area (Å²) in [7, 11) is -2.49. The Balaban J connectivity index is 1.63. The molecule has 2 amide bonds. The molecule has 4 N–H and O–H groups in total. The van der Waals surface area contributed by atoms with Crippen LogP contribution in [-0.2, 0) is 16.5 Å². The first-order valence-corrected chi connectivity index (χ1v) is 10.1.